The predicted octanol–water partition coefficient (Wildman–Crippen LogP) is 4.01. The Morgan fingerprint density at radius 2 is 1.57 bits per heavy atom. The Labute approximate surface area is 217 Å². The van der Waals surface area contributed by atoms with Gasteiger partial charge in [-0.1, -0.05) is 77.5 Å². The van der Waals surface area contributed by atoms with Crippen LogP contribution in [0.25, 0.3) is 0 Å². The summed E-state index contributed by atoms with van der Waals surface area (Å²) in [5, 5.41) is 16.0. The third-order valence-electron chi connectivity index (χ3n) is 6.70. The van der Waals surface area contributed by atoms with Gasteiger partial charge in [-0.05, 0) is 35.4 Å². The quantitative estimate of drug-likeness (QED) is 0.482. The fourth-order valence-corrected chi connectivity index (χ4v) is 5.02. The number of imide groups is 1. The second-order valence-corrected chi connectivity index (χ2v) is 9.40. The van der Waals surface area contributed by atoms with Crippen LogP contribution in [0.2, 0.25) is 5.02 Å². The van der Waals surface area contributed by atoms with Crippen LogP contribution in [-0.4, -0.2) is 52.1 Å². The van der Waals surface area contributed by atoms with Gasteiger partial charge in [0.2, 0.25) is 0 Å². The maximum atomic E-state index is 13.6. The monoisotopic (exact) mass is 512 g/mol. The third-order valence-corrected chi connectivity index (χ3v) is 6.95. The largest absolute Gasteiger partial charge is 0.271 e. The maximum Gasteiger partial charge on any atom is 0.264 e. The van der Waals surface area contributed by atoms with Crippen LogP contribution in [0.4, 0.5) is 5.69 Å². The zero-order valence-electron chi connectivity index (χ0n) is 19.5. The highest BCUT2D eigenvalue weighted by Gasteiger charge is 2.55. The molecule has 0 aliphatic carbocycles. The molecule has 0 bridgehead atoms. The lowest BCUT2D eigenvalue weighted by atomic mass is 9.98. The number of hydrogen-bond acceptors (Lipinski definition) is 7. The minimum absolute atomic E-state index is 0.243. The van der Waals surface area contributed by atoms with Crippen LogP contribution in [0.1, 0.15) is 23.6 Å². The molecule has 3 amide bonds. The van der Waals surface area contributed by atoms with E-state index < -0.39 is 23.9 Å². The normalized spacial score (nSPS) is 22.6. The summed E-state index contributed by atoms with van der Waals surface area (Å²) in [4.78, 5) is 40.9. The topological polar surface area (TPSA) is 98.0 Å². The van der Waals surface area contributed by atoms with Gasteiger partial charge in [0.05, 0.1) is 17.4 Å². The van der Waals surface area contributed by atoms with Gasteiger partial charge in [0.1, 0.15) is 6.54 Å². The van der Waals surface area contributed by atoms with Crippen LogP contribution in [0.5, 0.6) is 0 Å². The molecule has 1 saturated heterocycles. The molecule has 0 radical (unpaired) electrons. The molecule has 1 fully saturated rings. The predicted molar refractivity (Wildman–Crippen MR) is 137 cm³/mol. The van der Waals surface area contributed by atoms with E-state index in [0.29, 0.717) is 17.1 Å². The van der Waals surface area contributed by atoms with E-state index in [1.165, 1.54) is 10.0 Å². The molecule has 37 heavy (non-hydrogen) atoms. The number of benzene rings is 3. The summed E-state index contributed by atoms with van der Waals surface area (Å²) in [5.74, 6) is -1.31. The molecule has 3 aliphatic heterocycles. The summed E-state index contributed by atoms with van der Waals surface area (Å²) in [5.41, 5.74) is 3.09. The van der Waals surface area contributed by atoms with E-state index in [0.717, 1.165) is 21.7 Å². The van der Waals surface area contributed by atoms with E-state index in [1.54, 1.807) is 24.3 Å². The molecular weight excluding hydrogens is 492 g/mol. The smallest absolute Gasteiger partial charge is 0.264 e. The fourth-order valence-electron chi connectivity index (χ4n) is 4.89. The lowest BCUT2D eigenvalue weighted by molar-refractivity contribution is -0.135. The average Bonchev–Trinajstić information content (AvgIpc) is 3.61. The highest BCUT2D eigenvalue weighted by molar-refractivity contribution is 6.31. The number of amides is 3. The second kappa shape index (κ2) is 9.25. The molecule has 3 atom stereocenters. The number of halogens is 1. The number of rotatable bonds is 5. The molecule has 0 aromatic heterocycles. The Balaban J connectivity index is 1.25. The number of carbonyl (C=O) groups excluding carboxylic acids is 3. The first-order chi connectivity index (χ1) is 18.0. The van der Waals surface area contributed by atoms with Crippen molar-refractivity contribution in [2.45, 2.75) is 24.5 Å². The Hall–Kier alpha value is -4.37. The second-order valence-electron chi connectivity index (χ2n) is 8.96. The lowest BCUT2D eigenvalue weighted by Gasteiger charge is -2.25. The van der Waals surface area contributed by atoms with Gasteiger partial charge in [-0.25, -0.2) is 9.91 Å². The van der Waals surface area contributed by atoms with Crippen molar-refractivity contribution < 1.29 is 14.4 Å². The van der Waals surface area contributed by atoms with Crippen LogP contribution in [-0.2, 0) is 14.4 Å². The summed E-state index contributed by atoms with van der Waals surface area (Å²) < 4.78 is 0. The minimum atomic E-state index is -0.997. The van der Waals surface area contributed by atoms with E-state index in [-0.39, 0.29) is 18.5 Å². The fraction of sp³-hybridized carbons (Fsp3) is 0.185. The standard InChI is InChI=1S/C27H21ClN6O3/c28-19-11-13-20(14-12-19)33-26(36)24-25(27(33)37)32(31-29-24)16-23(35)34-22(18-9-5-2-6-10-18)15-21(30-34)17-7-3-1-4-8-17/h1-14,22,24-25H,15-16H2. The molecular formula is C27H21ClN6O3. The molecule has 0 N–H and O–H groups in total. The zero-order valence-corrected chi connectivity index (χ0v) is 20.3. The Morgan fingerprint density at radius 1 is 0.892 bits per heavy atom. The van der Waals surface area contributed by atoms with Gasteiger partial charge < -0.3 is 0 Å². The highest BCUT2D eigenvalue weighted by atomic mass is 35.5. The van der Waals surface area contributed by atoms with Crippen molar-refractivity contribution in [3.8, 4) is 0 Å². The summed E-state index contributed by atoms with van der Waals surface area (Å²) in [6, 6.07) is 23.5. The number of hydrogen-bond donors (Lipinski definition) is 0. The first kappa shape index (κ1) is 23.1. The molecule has 0 spiro atoms. The molecule has 3 unspecified atom stereocenters. The van der Waals surface area contributed by atoms with Gasteiger partial charge in [-0.3, -0.25) is 19.4 Å². The van der Waals surface area contributed by atoms with E-state index in [4.69, 9.17) is 11.6 Å². The van der Waals surface area contributed by atoms with Crippen molar-refractivity contribution in [1.29, 1.82) is 0 Å². The van der Waals surface area contributed by atoms with Crippen molar-refractivity contribution in [1.82, 2.24) is 10.0 Å². The first-order valence-electron chi connectivity index (χ1n) is 11.8. The summed E-state index contributed by atoms with van der Waals surface area (Å²) in [7, 11) is 0. The third kappa shape index (κ3) is 4.07. The van der Waals surface area contributed by atoms with Gasteiger partial charge >= 0.3 is 0 Å². The minimum Gasteiger partial charge on any atom is -0.271 e. The molecule has 3 aromatic rings. The summed E-state index contributed by atoms with van der Waals surface area (Å²) in [6.45, 7) is -0.243. The molecule has 184 valence electrons. The van der Waals surface area contributed by atoms with E-state index >= 15 is 0 Å². The molecule has 0 saturated carbocycles. The SMILES string of the molecule is O=C1C2N=NN(CC(=O)N3N=C(c4ccccc4)CC3c3ccccc3)C2C(=O)N1c1ccc(Cl)cc1. The van der Waals surface area contributed by atoms with E-state index in [1.807, 2.05) is 60.7 Å². The molecule has 3 aliphatic rings. The van der Waals surface area contributed by atoms with Gasteiger partial charge in [-0.15, -0.1) is 0 Å². The molecule has 6 rings (SSSR count). The Bertz CT molecular complexity index is 1430. The van der Waals surface area contributed by atoms with Crippen LogP contribution < -0.4 is 4.90 Å². The maximum absolute atomic E-state index is 13.6. The van der Waals surface area contributed by atoms with Crippen LogP contribution in [0, 0.1) is 0 Å². The van der Waals surface area contributed by atoms with Crippen molar-refractivity contribution in [2.24, 2.45) is 15.4 Å². The summed E-state index contributed by atoms with van der Waals surface area (Å²) >= 11 is 5.95. The number of carbonyl (C=O) groups is 3. The van der Waals surface area contributed by atoms with Gasteiger partial charge in [0, 0.05) is 11.4 Å². The van der Waals surface area contributed by atoms with Crippen molar-refractivity contribution >= 4 is 40.7 Å². The Morgan fingerprint density at radius 3 is 2.27 bits per heavy atom. The van der Waals surface area contributed by atoms with Crippen molar-refractivity contribution in [3.63, 3.8) is 0 Å². The van der Waals surface area contributed by atoms with Gasteiger partial charge in [0.25, 0.3) is 17.7 Å². The van der Waals surface area contributed by atoms with Crippen molar-refractivity contribution in [2.75, 3.05) is 11.4 Å². The van der Waals surface area contributed by atoms with Crippen LogP contribution >= 0.6 is 11.6 Å². The lowest BCUT2D eigenvalue weighted by Crippen LogP contribution is -2.44. The van der Waals surface area contributed by atoms with Gasteiger partial charge in [0.15, 0.2) is 12.1 Å². The van der Waals surface area contributed by atoms with Crippen molar-refractivity contribution in [3.05, 3.63) is 101 Å². The molecule has 3 heterocycles. The van der Waals surface area contributed by atoms with E-state index in [9.17, 15) is 14.4 Å². The van der Waals surface area contributed by atoms with Crippen LogP contribution in [0.3, 0.4) is 0 Å². The number of fused-ring (bicyclic) bond motifs is 1. The highest BCUT2D eigenvalue weighted by Crippen LogP contribution is 2.35. The first-order valence-corrected chi connectivity index (χ1v) is 12.2. The molecule has 10 heteroatoms. The average molecular weight is 513 g/mol. The molecule has 3 aromatic carbocycles. The van der Waals surface area contributed by atoms with Crippen LogP contribution in [0.15, 0.2) is 100 Å². The Kier molecular flexibility index (Phi) is 5.77. The zero-order chi connectivity index (χ0) is 25.5. The van der Waals surface area contributed by atoms with Gasteiger partial charge in [-0.2, -0.15) is 10.2 Å². The number of anilines is 1. The summed E-state index contributed by atoms with van der Waals surface area (Å²) in [6.07, 6.45) is 0.551. The number of nitrogens with zero attached hydrogens (tertiary/aromatic N) is 6. The van der Waals surface area contributed by atoms with E-state index in [2.05, 4.69) is 15.4 Å². The molecule has 9 nitrogen and oxygen atoms in total. The number of hydrazone groups is 1.